The number of nitrogens with zero attached hydrogens (tertiary/aromatic N) is 2. The standard InChI is InChI=1S/C23H27FN4O2S/c1-26-13-19-10-18-12-23(24)17(7-8-28-15-20(14-27-28)31(25,29)30)11-22(18)21(19)9-16-5-3-2-4-6-16/h2-6,11-12,14-15,19,21,26H,7-10,13H2,1H3,(H2,25,29,30). The minimum atomic E-state index is -3.79. The number of rotatable bonds is 8. The van der Waals surface area contributed by atoms with Crippen molar-refractivity contribution in [1.29, 1.82) is 0 Å². The smallest absolute Gasteiger partial charge is 0.241 e. The zero-order valence-corrected chi connectivity index (χ0v) is 18.3. The van der Waals surface area contributed by atoms with Crippen molar-refractivity contribution in [2.24, 2.45) is 11.1 Å². The first kappa shape index (κ1) is 21.7. The Morgan fingerprint density at radius 2 is 2.03 bits per heavy atom. The van der Waals surface area contributed by atoms with Crippen molar-refractivity contribution in [3.05, 3.63) is 82.9 Å². The van der Waals surface area contributed by atoms with Crippen LogP contribution >= 0.6 is 0 Å². The molecule has 0 radical (unpaired) electrons. The Hall–Kier alpha value is -2.55. The van der Waals surface area contributed by atoms with Crippen LogP contribution in [0.3, 0.4) is 0 Å². The minimum absolute atomic E-state index is 0.0419. The summed E-state index contributed by atoms with van der Waals surface area (Å²) in [5, 5.41) is 12.5. The Balaban J connectivity index is 1.57. The molecule has 0 fully saturated rings. The van der Waals surface area contributed by atoms with Crippen LogP contribution in [0.4, 0.5) is 4.39 Å². The highest BCUT2D eigenvalue weighted by atomic mass is 32.2. The molecule has 0 aliphatic heterocycles. The van der Waals surface area contributed by atoms with E-state index in [9.17, 15) is 12.8 Å². The summed E-state index contributed by atoms with van der Waals surface area (Å²) in [6, 6.07) is 14.1. The monoisotopic (exact) mass is 442 g/mol. The molecule has 0 saturated heterocycles. The van der Waals surface area contributed by atoms with Gasteiger partial charge in [0.15, 0.2) is 0 Å². The van der Waals surface area contributed by atoms with E-state index in [-0.39, 0.29) is 10.7 Å². The molecule has 2 atom stereocenters. The molecule has 31 heavy (non-hydrogen) atoms. The second kappa shape index (κ2) is 8.90. The van der Waals surface area contributed by atoms with E-state index in [1.165, 1.54) is 28.2 Å². The first-order chi connectivity index (χ1) is 14.8. The van der Waals surface area contributed by atoms with Crippen molar-refractivity contribution < 1.29 is 12.8 Å². The van der Waals surface area contributed by atoms with Gasteiger partial charge in [-0.05, 0) is 73.0 Å². The maximum absolute atomic E-state index is 14.8. The maximum Gasteiger partial charge on any atom is 0.241 e. The molecule has 2 unspecified atom stereocenters. The summed E-state index contributed by atoms with van der Waals surface area (Å²) in [5.41, 5.74) is 4.19. The number of benzene rings is 2. The van der Waals surface area contributed by atoms with Crippen LogP contribution in [0.1, 0.15) is 28.2 Å². The summed E-state index contributed by atoms with van der Waals surface area (Å²) in [6.45, 7) is 1.25. The van der Waals surface area contributed by atoms with Crippen molar-refractivity contribution in [2.45, 2.75) is 36.6 Å². The number of aryl methyl sites for hydroxylation is 2. The zero-order chi connectivity index (χ0) is 22.0. The lowest BCUT2D eigenvalue weighted by atomic mass is 9.86. The van der Waals surface area contributed by atoms with Gasteiger partial charge in [0.25, 0.3) is 0 Å². The van der Waals surface area contributed by atoms with E-state index in [0.717, 1.165) is 24.9 Å². The van der Waals surface area contributed by atoms with Gasteiger partial charge in [-0.1, -0.05) is 36.4 Å². The van der Waals surface area contributed by atoms with E-state index in [0.29, 0.717) is 30.4 Å². The highest BCUT2D eigenvalue weighted by molar-refractivity contribution is 7.89. The van der Waals surface area contributed by atoms with E-state index in [1.807, 2.05) is 31.3 Å². The van der Waals surface area contributed by atoms with E-state index in [1.54, 1.807) is 6.07 Å². The van der Waals surface area contributed by atoms with Gasteiger partial charge in [-0.2, -0.15) is 5.10 Å². The fourth-order valence-corrected chi connectivity index (χ4v) is 5.00. The van der Waals surface area contributed by atoms with Crippen molar-refractivity contribution in [1.82, 2.24) is 15.1 Å². The van der Waals surface area contributed by atoms with Gasteiger partial charge in [0.2, 0.25) is 10.0 Å². The Kier molecular flexibility index (Phi) is 6.22. The normalized spacial score (nSPS) is 18.3. The van der Waals surface area contributed by atoms with Crippen LogP contribution in [-0.2, 0) is 35.8 Å². The third kappa shape index (κ3) is 4.87. The molecule has 8 heteroatoms. The van der Waals surface area contributed by atoms with Crippen molar-refractivity contribution in [3.63, 3.8) is 0 Å². The van der Waals surface area contributed by atoms with Crippen molar-refractivity contribution in [2.75, 3.05) is 13.6 Å². The van der Waals surface area contributed by atoms with Gasteiger partial charge >= 0.3 is 0 Å². The third-order valence-electron chi connectivity index (χ3n) is 6.07. The van der Waals surface area contributed by atoms with Gasteiger partial charge < -0.3 is 5.32 Å². The van der Waals surface area contributed by atoms with Crippen LogP contribution < -0.4 is 10.5 Å². The molecule has 0 bridgehead atoms. The number of sulfonamides is 1. The molecule has 4 rings (SSSR count). The number of hydrogen-bond donors (Lipinski definition) is 2. The molecule has 1 aromatic heterocycles. The predicted molar refractivity (Wildman–Crippen MR) is 118 cm³/mol. The van der Waals surface area contributed by atoms with Gasteiger partial charge in [-0.25, -0.2) is 17.9 Å². The number of fused-ring (bicyclic) bond motifs is 1. The lowest BCUT2D eigenvalue weighted by molar-refractivity contribution is 0.436. The second-order valence-electron chi connectivity index (χ2n) is 8.19. The number of hydrogen-bond acceptors (Lipinski definition) is 4. The summed E-state index contributed by atoms with van der Waals surface area (Å²) in [6.07, 6.45) is 4.79. The van der Waals surface area contributed by atoms with Crippen LogP contribution in [0.25, 0.3) is 0 Å². The average Bonchev–Trinajstić information content (AvgIpc) is 3.33. The Labute approximate surface area is 182 Å². The van der Waals surface area contributed by atoms with Crippen LogP contribution in [0.5, 0.6) is 0 Å². The highest BCUT2D eigenvalue weighted by Gasteiger charge is 2.33. The van der Waals surface area contributed by atoms with E-state index < -0.39 is 10.0 Å². The van der Waals surface area contributed by atoms with Crippen LogP contribution in [-0.4, -0.2) is 31.8 Å². The van der Waals surface area contributed by atoms with E-state index >= 15 is 0 Å². The lowest BCUT2D eigenvalue weighted by Crippen LogP contribution is -2.23. The van der Waals surface area contributed by atoms with E-state index in [2.05, 4.69) is 22.5 Å². The molecular weight excluding hydrogens is 415 g/mol. The molecule has 164 valence electrons. The topological polar surface area (TPSA) is 90.0 Å². The maximum atomic E-state index is 14.8. The lowest BCUT2D eigenvalue weighted by Gasteiger charge is -2.21. The number of aromatic nitrogens is 2. The summed E-state index contributed by atoms with van der Waals surface area (Å²) in [5.74, 6) is 0.516. The minimum Gasteiger partial charge on any atom is -0.319 e. The largest absolute Gasteiger partial charge is 0.319 e. The molecule has 0 amide bonds. The van der Waals surface area contributed by atoms with Crippen LogP contribution in [0.15, 0.2) is 59.8 Å². The molecule has 0 saturated carbocycles. The molecule has 6 nitrogen and oxygen atoms in total. The summed E-state index contributed by atoms with van der Waals surface area (Å²) >= 11 is 0. The SMILES string of the molecule is CNCC1Cc2cc(F)c(CCn3cc(S(N)(=O)=O)cn3)cc2C1Cc1ccccc1. The first-order valence-corrected chi connectivity index (χ1v) is 11.9. The summed E-state index contributed by atoms with van der Waals surface area (Å²) in [4.78, 5) is -0.0419. The summed E-state index contributed by atoms with van der Waals surface area (Å²) < 4.78 is 39.2. The molecule has 1 heterocycles. The molecule has 2 aromatic carbocycles. The molecule has 1 aliphatic carbocycles. The molecule has 1 aliphatic rings. The first-order valence-electron chi connectivity index (χ1n) is 10.4. The molecular formula is C23H27FN4O2S. The molecule has 3 N–H and O–H groups in total. The third-order valence-corrected chi connectivity index (χ3v) is 6.94. The van der Waals surface area contributed by atoms with Gasteiger partial charge in [0.1, 0.15) is 10.7 Å². The number of halogens is 1. The second-order valence-corrected chi connectivity index (χ2v) is 9.76. The number of primary sulfonamides is 1. The average molecular weight is 443 g/mol. The van der Waals surface area contributed by atoms with Crippen molar-refractivity contribution >= 4 is 10.0 Å². The fraction of sp³-hybridized carbons (Fsp3) is 0.348. The van der Waals surface area contributed by atoms with Crippen LogP contribution in [0.2, 0.25) is 0 Å². The van der Waals surface area contributed by atoms with Crippen molar-refractivity contribution in [3.8, 4) is 0 Å². The molecule has 0 spiro atoms. The van der Waals surface area contributed by atoms with Gasteiger partial charge in [0.05, 0.1) is 6.20 Å². The van der Waals surface area contributed by atoms with Gasteiger partial charge in [-0.15, -0.1) is 0 Å². The van der Waals surface area contributed by atoms with E-state index in [4.69, 9.17) is 5.14 Å². The Morgan fingerprint density at radius 3 is 2.71 bits per heavy atom. The number of nitrogens with two attached hydrogens (primary N) is 1. The number of nitrogens with one attached hydrogen (secondary N) is 1. The predicted octanol–water partition coefficient (Wildman–Crippen LogP) is 2.63. The van der Waals surface area contributed by atoms with Gasteiger partial charge in [-0.3, -0.25) is 4.68 Å². The van der Waals surface area contributed by atoms with Crippen LogP contribution in [0, 0.1) is 11.7 Å². The molecule has 3 aromatic rings. The summed E-state index contributed by atoms with van der Waals surface area (Å²) in [7, 11) is -1.84. The Bertz CT molecular complexity index is 1160. The fourth-order valence-electron chi connectivity index (χ4n) is 4.54. The Morgan fingerprint density at radius 1 is 1.26 bits per heavy atom. The highest BCUT2D eigenvalue weighted by Crippen LogP contribution is 2.41. The quantitative estimate of drug-likeness (QED) is 0.561. The van der Waals surface area contributed by atoms with Gasteiger partial charge in [0, 0.05) is 12.7 Å². The zero-order valence-electron chi connectivity index (χ0n) is 17.5.